The van der Waals surface area contributed by atoms with Crippen LogP contribution in [0, 0.1) is 6.92 Å². The van der Waals surface area contributed by atoms with Crippen molar-refractivity contribution in [1.29, 1.82) is 0 Å². The lowest BCUT2D eigenvalue weighted by atomic mass is 10.0. The standard InChI is InChI=1S/C30H34N6O3/c1-19-4-7-27-24(14-19)20(2)17-36(27)29(37)26-16-28(32-18-31-26)34-11-9-22(10-12-34)35-13-8-21-15-23(39-3)5-6-25(21)33-30(35)38/h4-7,14-16,18,20,22H,8-13,17H2,1-3H3,(H,33,38). The van der Waals surface area contributed by atoms with E-state index in [9.17, 15) is 9.59 Å². The van der Waals surface area contributed by atoms with E-state index in [1.807, 2.05) is 46.2 Å². The van der Waals surface area contributed by atoms with Crippen LogP contribution in [0.25, 0.3) is 0 Å². The van der Waals surface area contributed by atoms with Gasteiger partial charge in [-0.15, -0.1) is 0 Å². The van der Waals surface area contributed by atoms with E-state index in [1.165, 1.54) is 17.5 Å². The van der Waals surface area contributed by atoms with Crippen LogP contribution in [0.1, 0.15) is 52.9 Å². The Hall–Kier alpha value is -4.14. The Labute approximate surface area is 228 Å². The Morgan fingerprint density at radius 2 is 1.87 bits per heavy atom. The molecule has 0 radical (unpaired) electrons. The van der Waals surface area contributed by atoms with Gasteiger partial charge in [0.15, 0.2) is 0 Å². The number of urea groups is 1. The summed E-state index contributed by atoms with van der Waals surface area (Å²) in [5.74, 6) is 1.74. The highest BCUT2D eigenvalue weighted by Crippen LogP contribution is 2.37. The molecule has 3 aromatic rings. The summed E-state index contributed by atoms with van der Waals surface area (Å²) in [5, 5.41) is 3.08. The van der Waals surface area contributed by atoms with Crippen LogP contribution in [0.5, 0.6) is 5.75 Å². The molecule has 0 aliphatic carbocycles. The fraction of sp³-hybridized carbons (Fsp3) is 0.400. The van der Waals surface area contributed by atoms with Crippen LogP contribution >= 0.6 is 0 Å². The van der Waals surface area contributed by atoms with Gasteiger partial charge in [-0.1, -0.05) is 24.6 Å². The first-order chi connectivity index (χ1) is 18.9. The summed E-state index contributed by atoms with van der Waals surface area (Å²) in [6.07, 6.45) is 3.92. The van der Waals surface area contributed by atoms with Gasteiger partial charge in [0, 0.05) is 55.6 Å². The number of nitrogens with zero attached hydrogens (tertiary/aromatic N) is 5. The number of carbonyl (C=O) groups excluding carboxylic acids is 2. The van der Waals surface area contributed by atoms with Gasteiger partial charge in [0.25, 0.3) is 5.91 Å². The van der Waals surface area contributed by atoms with Crippen molar-refractivity contribution < 1.29 is 14.3 Å². The Bertz CT molecular complexity index is 1420. The van der Waals surface area contributed by atoms with E-state index < -0.39 is 0 Å². The summed E-state index contributed by atoms with van der Waals surface area (Å²) >= 11 is 0. The molecular weight excluding hydrogens is 492 g/mol. The molecule has 0 spiro atoms. The van der Waals surface area contributed by atoms with Gasteiger partial charge in [0.05, 0.1) is 7.11 Å². The molecule has 1 aromatic heterocycles. The van der Waals surface area contributed by atoms with Gasteiger partial charge in [0.1, 0.15) is 23.6 Å². The van der Waals surface area contributed by atoms with E-state index in [1.54, 1.807) is 7.11 Å². The number of amides is 3. The monoisotopic (exact) mass is 526 g/mol. The highest BCUT2D eigenvalue weighted by atomic mass is 16.5. The van der Waals surface area contributed by atoms with Gasteiger partial charge < -0.3 is 24.8 Å². The predicted molar refractivity (Wildman–Crippen MR) is 151 cm³/mol. The van der Waals surface area contributed by atoms with Gasteiger partial charge in [-0.3, -0.25) is 4.79 Å². The third-order valence-corrected chi connectivity index (χ3v) is 8.24. The smallest absolute Gasteiger partial charge is 0.322 e. The highest BCUT2D eigenvalue weighted by molar-refractivity contribution is 6.06. The molecule has 1 unspecified atom stereocenters. The Balaban J connectivity index is 1.12. The zero-order valence-corrected chi connectivity index (χ0v) is 22.7. The van der Waals surface area contributed by atoms with Crippen LogP contribution < -0.4 is 19.9 Å². The number of piperidine rings is 1. The molecule has 6 rings (SSSR count). The van der Waals surface area contributed by atoms with Crippen molar-refractivity contribution in [3.8, 4) is 5.75 Å². The first-order valence-corrected chi connectivity index (χ1v) is 13.6. The van der Waals surface area contributed by atoms with Crippen molar-refractivity contribution in [2.24, 2.45) is 0 Å². The SMILES string of the molecule is COc1ccc2c(c1)CCN(C1CCN(c3cc(C(=O)N4CC(C)c5cc(C)ccc54)ncn3)CC1)C(=O)N2. The lowest BCUT2D eigenvalue weighted by molar-refractivity contribution is 0.0983. The number of hydrogen-bond donors (Lipinski definition) is 1. The number of fused-ring (bicyclic) bond motifs is 2. The van der Waals surface area contributed by atoms with Gasteiger partial charge in [-0.2, -0.15) is 0 Å². The summed E-state index contributed by atoms with van der Waals surface area (Å²) in [4.78, 5) is 41.4. The topological polar surface area (TPSA) is 90.9 Å². The Kier molecular flexibility index (Phi) is 6.58. The Morgan fingerprint density at radius 1 is 1.05 bits per heavy atom. The number of methoxy groups -OCH3 is 1. The highest BCUT2D eigenvalue weighted by Gasteiger charge is 2.33. The summed E-state index contributed by atoms with van der Waals surface area (Å²) < 4.78 is 5.36. The Morgan fingerprint density at radius 3 is 2.67 bits per heavy atom. The van der Waals surface area contributed by atoms with Crippen molar-refractivity contribution in [3.05, 3.63) is 71.2 Å². The van der Waals surface area contributed by atoms with Crippen LogP contribution in [-0.2, 0) is 6.42 Å². The normalized spacial score (nSPS) is 19.3. The van der Waals surface area contributed by atoms with Gasteiger partial charge in [0.2, 0.25) is 0 Å². The molecule has 202 valence electrons. The molecule has 1 atom stereocenters. The van der Waals surface area contributed by atoms with E-state index in [4.69, 9.17) is 4.74 Å². The molecule has 9 heteroatoms. The summed E-state index contributed by atoms with van der Waals surface area (Å²) in [6.45, 7) is 7.05. The zero-order valence-electron chi connectivity index (χ0n) is 22.7. The quantitative estimate of drug-likeness (QED) is 0.534. The fourth-order valence-corrected chi connectivity index (χ4v) is 6.06. The average molecular weight is 527 g/mol. The van der Waals surface area contributed by atoms with E-state index in [-0.39, 0.29) is 23.9 Å². The van der Waals surface area contributed by atoms with Crippen molar-refractivity contribution in [2.45, 2.75) is 45.1 Å². The molecule has 0 bridgehead atoms. The third-order valence-electron chi connectivity index (χ3n) is 8.24. The maximum atomic E-state index is 13.5. The minimum absolute atomic E-state index is 0.0531. The lowest BCUT2D eigenvalue weighted by Gasteiger charge is -2.38. The molecule has 2 aromatic carbocycles. The minimum atomic E-state index is -0.0968. The third kappa shape index (κ3) is 4.77. The lowest BCUT2D eigenvalue weighted by Crippen LogP contribution is -2.49. The number of ether oxygens (including phenoxy) is 1. The van der Waals surface area contributed by atoms with E-state index in [2.05, 4.69) is 40.1 Å². The van der Waals surface area contributed by atoms with Crippen molar-refractivity contribution >= 4 is 29.1 Å². The first-order valence-electron chi connectivity index (χ1n) is 13.6. The predicted octanol–water partition coefficient (Wildman–Crippen LogP) is 4.62. The fourth-order valence-electron chi connectivity index (χ4n) is 6.06. The van der Waals surface area contributed by atoms with Gasteiger partial charge in [-0.25, -0.2) is 14.8 Å². The minimum Gasteiger partial charge on any atom is -0.497 e. The molecule has 0 saturated carbocycles. The number of benzene rings is 2. The van der Waals surface area contributed by atoms with Gasteiger partial charge in [-0.05, 0) is 61.6 Å². The van der Waals surface area contributed by atoms with E-state index in [0.717, 1.165) is 60.9 Å². The van der Waals surface area contributed by atoms with E-state index >= 15 is 0 Å². The summed E-state index contributed by atoms with van der Waals surface area (Å²) in [7, 11) is 1.65. The second-order valence-electron chi connectivity index (χ2n) is 10.8. The van der Waals surface area contributed by atoms with Crippen LogP contribution in [0.15, 0.2) is 48.8 Å². The molecule has 3 amide bonds. The number of aryl methyl sites for hydroxylation is 1. The van der Waals surface area contributed by atoms with Crippen LogP contribution in [0.4, 0.5) is 22.0 Å². The molecule has 4 heterocycles. The molecule has 3 aliphatic heterocycles. The number of carbonyl (C=O) groups is 2. The average Bonchev–Trinajstić information content (AvgIpc) is 3.18. The van der Waals surface area contributed by atoms with Crippen LogP contribution in [0.3, 0.4) is 0 Å². The van der Waals surface area contributed by atoms with Crippen molar-refractivity contribution in [3.63, 3.8) is 0 Å². The number of rotatable bonds is 4. The summed E-state index contributed by atoms with van der Waals surface area (Å²) in [6, 6.07) is 13.9. The number of hydrogen-bond acceptors (Lipinski definition) is 6. The molecule has 1 N–H and O–H groups in total. The molecule has 39 heavy (non-hydrogen) atoms. The molecule has 1 saturated heterocycles. The maximum Gasteiger partial charge on any atom is 0.322 e. The second-order valence-corrected chi connectivity index (χ2v) is 10.8. The second kappa shape index (κ2) is 10.2. The van der Waals surface area contributed by atoms with Crippen molar-refractivity contribution in [1.82, 2.24) is 14.9 Å². The molecule has 1 fully saturated rings. The maximum absolute atomic E-state index is 13.5. The zero-order chi connectivity index (χ0) is 27.1. The van der Waals surface area contributed by atoms with Crippen LogP contribution in [0.2, 0.25) is 0 Å². The number of aromatic nitrogens is 2. The molecular formula is C30H34N6O3. The van der Waals surface area contributed by atoms with Crippen molar-refractivity contribution in [2.75, 3.05) is 48.4 Å². The van der Waals surface area contributed by atoms with Gasteiger partial charge >= 0.3 is 6.03 Å². The first kappa shape index (κ1) is 25.2. The van der Waals surface area contributed by atoms with Crippen LogP contribution in [-0.4, -0.2) is 66.1 Å². The number of anilines is 3. The largest absolute Gasteiger partial charge is 0.497 e. The molecule has 9 nitrogen and oxygen atoms in total. The number of nitrogens with one attached hydrogen (secondary N) is 1. The molecule has 3 aliphatic rings. The van der Waals surface area contributed by atoms with E-state index in [0.29, 0.717) is 18.8 Å². The summed E-state index contributed by atoms with van der Waals surface area (Å²) in [5.41, 5.74) is 5.72.